The first kappa shape index (κ1) is 19.0. The van der Waals surface area contributed by atoms with Gasteiger partial charge in [0.2, 0.25) is 5.91 Å². The SMILES string of the molecule is CNCC1CCCN(C(=O)C2CCCN(C(=O)NCC(C)C)C2)C1. The summed E-state index contributed by atoms with van der Waals surface area (Å²) in [5.74, 6) is 1.21. The number of likely N-dealkylation sites (tertiary alicyclic amines) is 2. The van der Waals surface area contributed by atoms with Gasteiger partial charge in [0, 0.05) is 32.7 Å². The van der Waals surface area contributed by atoms with E-state index in [2.05, 4.69) is 24.5 Å². The number of urea groups is 1. The number of amides is 3. The van der Waals surface area contributed by atoms with Crippen molar-refractivity contribution in [3.8, 4) is 0 Å². The third-order valence-corrected chi connectivity index (χ3v) is 5.04. The lowest BCUT2D eigenvalue weighted by molar-refractivity contribution is -0.138. The van der Waals surface area contributed by atoms with E-state index in [1.165, 1.54) is 6.42 Å². The number of nitrogens with zero attached hydrogens (tertiary/aromatic N) is 2. The van der Waals surface area contributed by atoms with Crippen LogP contribution in [-0.2, 0) is 4.79 Å². The molecule has 2 fully saturated rings. The highest BCUT2D eigenvalue weighted by Gasteiger charge is 2.33. The van der Waals surface area contributed by atoms with Crippen LogP contribution in [0.2, 0.25) is 0 Å². The van der Waals surface area contributed by atoms with Crippen molar-refractivity contribution < 1.29 is 9.59 Å². The number of piperidine rings is 2. The van der Waals surface area contributed by atoms with Gasteiger partial charge in [-0.05, 0) is 51.1 Å². The van der Waals surface area contributed by atoms with E-state index in [0.717, 1.165) is 45.4 Å². The molecule has 24 heavy (non-hydrogen) atoms. The van der Waals surface area contributed by atoms with E-state index in [1.807, 2.05) is 16.8 Å². The normalized spacial score (nSPS) is 25.0. The fourth-order valence-electron chi connectivity index (χ4n) is 3.75. The molecule has 0 aliphatic carbocycles. The van der Waals surface area contributed by atoms with Crippen molar-refractivity contribution in [1.82, 2.24) is 20.4 Å². The average molecular weight is 338 g/mol. The molecule has 0 bridgehead atoms. The molecular formula is C18H34N4O2. The van der Waals surface area contributed by atoms with Crippen LogP contribution in [-0.4, -0.2) is 68.1 Å². The number of carbonyl (C=O) groups is 2. The zero-order chi connectivity index (χ0) is 17.5. The van der Waals surface area contributed by atoms with Crippen molar-refractivity contribution in [1.29, 1.82) is 0 Å². The Labute approximate surface area is 146 Å². The van der Waals surface area contributed by atoms with Crippen LogP contribution in [0, 0.1) is 17.8 Å². The van der Waals surface area contributed by atoms with Crippen molar-refractivity contribution in [2.75, 3.05) is 46.3 Å². The molecule has 0 aromatic heterocycles. The maximum Gasteiger partial charge on any atom is 0.317 e. The van der Waals surface area contributed by atoms with Gasteiger partial charge in [-0.1, -0.05) is 13.8 Å². The Balaban J connectivity index is 1.86. The van der Waals surface area contributed by atoms with E-state index in [1.54, 1.807) is 0 Å². The highest BCUT2D eigenvalue weighted by atomic mass is 16.2. The van der Waals surface area contributed by atoms with Crippen LogP contribution in [0.15, 0.2) is 0 Å². The molecule has 6 nitrogen and oxygen atoms in total. The molecule has 0 radical (unpaired) electrons. The van der Waals surface area contributed by atoms with Gasteiger partial charge in [0.1, 0.15) is 0 Å². The largest absolute Gasteiger partial charge is 0.342 e. The average Bonchev–Trinajstić information content (AvgIpc) is 2.59. The summed E-state index contributed by atoms with van der Waals surface area (Å²) >= 11 is 0. The lowest BCUT2D eigenvalue weighted by Crippen LogP contribution is -2.51. The van der Waals surface area contributed by atoms with Gasteiger partial charge >= 0.3 is 6.03 Å². The number of hydrogen-bond acceptors (Lipinski definition) is 3. The molecule has 2 atom stereocenters. The van der Waals surface area contributed by atoms with Gasteiger partial charge in [0.15, 0.2) is 0 Å². The van der Waals surface area contributed by atoms with E-state index in [-0.39, 0.29) is 17.9 Å². The molecule has 2 saturated heterocycles. The Kier molecular flexibility index (Phi) is 7.34. The van der Waals surface area contributed by atoms with Crippen molar-refractivity contribution in [3.63, 3.8) is 0 Å². The summed E-state index contributed by atoms with van der Waals surface area (Å²) in [5, 5.41) is 6.19. The first-order valence-corrected chi connectivity index (χ1v) is 9.47. The number of rotatable bonds is 5. The standard InChI is InChI=1S/C18H34N4O2/c1-14(2)10-20-18(24)22-9-5-7-16(13-22)17(23)21-8-4-6-15(12-21)11-19-3/h14-16,19H,4-13H2,1-3H3,(H,20,24). The number of hydrogen-bond donors (Lipinski definition) is 2. The summed E-state index contributed by atoms with van der Waals surface area (Å²) in [4.78, 5) is 29.0. The Morgan fingerprint density at radius 1 is 1.08 bits per heavy atom. The van der Waals surface area contributed by atoms with Crippen molar-refractivity contribution in [2.45, 2.75) is 39.5 Å². The van der Waals surface area contributed by atoms with E-state index in [4.69, 9.17) is 0 Å². The zero-order valence-corrected chi connectivity index (χ0v) is 15.5. The van der Waals surface area contributed by atoms with Crippen LogP contribution < -0.4 is 10.6 Å². The molecule has 0 aromatic rings. The first-order valence-electron chi connectivity index (χ1n) is 9.47. The summed E-state index contributed by atoms with van der Waals surface area (Å²) in [7, 11) is 1.97. The predicted octanol–water partition coefficient (Wildman–Crippen LogP) is 1.52. The van der Waals surface area contributed by atoms with Gasteiger partial charge in [-0.25, -0.2) is 4.79 Å². The van der Waals surface area contributed by atoms with E-state index in [9.17, 15) is 9.59 Å². The third kappa shape index (κ3) is 5.36. The summed E-state index contributed by atoms with van der Waals surface area (Å²) in [6.45, 7) is 8.88. The van der Waals surface area contributed by atoms with Gasteiger partial charge in [-0.2, -0.15) is 0 Å². The fraction of sp³-hybridized carbons (Fsp3) is 0.889. The summed E-state index contributed by atoms with van der Waals surface area (Å²) in [5.41, 5.74) is 0. The molecule has 2 N–H and O–H groups in total. The topological polar surface area (TPSA) is 64.7 Å². The molecule has 2 unspecified atom stereocenters. The lowest BCUT2D eigenvalue weighted by Gasteiger charge is -2.38. The monoisotopic (exact) mass is 338 g/mol. The minimum absolute atomic E-state index is 0.0205. The molecule has 3 amide bonds. The van der Waals surface area contributed by atoms with Crippen LogP contribution in [0.5, 0.6) is 0 Å². The van der Waals surface area contributed by atoms with Crippen molar-refractivity contribution in [2.24, 2.45) is 17.8 Å². The molecule has 0 saturated carbocycles. The van der Waals surface area contributed by atoms with Gasteiger partial charge in [-0.15, -0.1) is 0 Å². The second kappa shape index (κ2) is 9.25. The van der Waals surface area contributed by atoms with Gasteiger partial charge in [-0.3, -0.25) is 4.79 Å². The van der Waals surface area contributed by atoms with Crippen LogP contribution in [0.1, 0.15) is 39.5 Å². The lowest BCUT2D eigenvalue weighted by atomic mass is 9.93. The number of nitrogens with one attached hydrogen (secondary N) is 2. The summed E-state index contributed by atoms with van der Waals surface area (Å²) < 4.78 is 0. The minimum Gasteiger partial charge on any atom is -0.342 e. The van der Waals surface area contributed by atoms with Gasteiger partial charge in [0.05, 0.1) is 5.92 Å². The van der Waals surface area contributed by atoms with Crippen LogP contribution in [0.3, 0.4) is 0 Å². The molecule has 2 heterocycles. The van der Waals surface area contributed by atoms with E-state index in [0.29, 0.717) is 24.9 Å². The molecular weight excluding hydrogens is 304 g/mol. The highest BCUT2D eigenvalue weighted by Crippen LogP contribution is 2.23. The summed E-state index contributed by atoms with van der Waals surface area (Å²) in [6, 6.07) is -0.0205. The smallest absolute Gasteiger partial charge is 0.317 e. The van der Waals surface area contributed by atoms with Gasteiger partial charge in [0.25, 0.3) is 0 Å². The Bertz CT molecular complexity index is 425. The second-order valence-corrected chi connectivity index (χ2v) is 7.72. The maximum absolute atomic E-state index is 12.9. The first-order chi connectivity index (χ1) is 11.5. The fourth-order valence-corrected chi connectivity index (χ4v) is 3.75. The minimum atomic E-state index is -0.0307. The quantitative estimate of drug-likeness (QED) is 0.799. The zero-order valence-electron chi connectivity index (χ0n) is 15.5. The van der Waals surface area contributed by atoms with Crippen molar-refractivity contribution >= 4 is 11.9 Å². The predicted molar refractivity (Wildman–Crippen MR) is 95.8 cm³/mol. The Morgan fingerprint density at radius 2 is 1.79 bits per heavy atom. The third-order valence-electron chi connectivity index (χ3n) is 5.04. The Morgan fingerprint density at radius 3 is 2.50 bits per heavy atom. The summed E-state index contributed by atoms with van der Waals surface area (Å²) in [6.07, 6.45) is 4.10. The Hall–Kier alpha value is -1.30. The van der Waals surface area contributed by atoms with E-state index < -0.39 is 0 Å². The molecule has 6 heteroatoms. The van der Waals surface area contributed by atoms with Crippen LogP contribution in [0.25, 0.3) is 0 Å². The molecule has 0 spiro atoms. The second-order valence-electron chi connectivity index (χ2n) is 7.72. The van der Waals surface area contributed by atoms with Gasteiger partial charge < -0.3 is 20.4 Å². The molecule has 2 aliphatic rings. The molecule has 0 aromatic carbocycles. The van der Waals surface area contributed by atoms with E-state index >= 15 is 0 Å². The van der Waals surface area contributed by atoms with Crippen LogP contribution >= 0.6 is 0 Å². The molecule has 2 rings (SSSR count). The number of carbonyl (C=O) groups excluding carboxylic acids is 2. The van der Waals surface area contributed by atoms with Crippen LogP contribution in [0.4, 0.5) is 4.79 Å². The highest BCUT2D eigenvalue weighted by molar-refractivity contribution is 5.81. The molecule has 138 valence electrons. The molecule has 2 aliphatic heterocycles. The van der Waals surface area contributed by atoms with Crippen molar-refractivity contribution in [3.05, 3.63) is 0 Å². The maximum atomic E-state index is 12.9.